The van der Waals surface area contributed by atoms with Gasteiger partial charge in [-0.2, -0.15) is 5.26 Å². The Morgan fingerprint density at radius 3 is 2.68 bits per heavy atom. The van der Waals surface area contributed by atoms with Crippen LogP contribution in [0.25, 0.3) is 0 Å². The van der Waals surface area contributed by atoms with Crippen molar-refractivity contribution in [2.45, 2.75) is 37.8 Å². The van der Waals surface area contributed by atoms with E-state index in [-0.39, 0.29) is 34.6 Å². The number of nitrogen functional groups attached to an aromatic ring is 1. The van der Waals surface area contributed by atoms with Crippen molar-refractivity contribution in [3.63, 3.8) is 0 Å². The minimum absolute atomic E-state index is 0.00897. The van der Waals surface area contributed by atoms with Crippen LogP contribution in [-0.4, -0.2) is 28.6 Å². The average molecular weight is 398 g/mol. The summed E-state index contributed by atoms with van der Waals surface area (Å²) in [5.74, 6) is -0.462. The summed E-state index contributed by atoms with van der Waals surface area (Å²) in [5, 5.41) is 15.3. The number of nitrogens with one attached hydrogen (secondary N) is 2. The number of nitrogens with two attached hydrogens (primary N) is 1. The second-order valence-electron chi connectivity index (χ2n) is 6.25. The molecule has 0 aliphatic carbocycles. The van der Waals surface area contributed by atoms with Crippen molar-refractivity contribution in [2.75, 3.05) is 16.8 Å². The Bertz CT molecular complexity index is 880. The standard InChI is InChI=1S/C20H23N5O2S/c1-3-7-13(2)23-17(26)12-28-20-14(11-21)10-16(18(22)25-20)19(27)24-15-8-5-4-6-9-15/h4-6,8-10,13H,3,7,12H2,1-2H3,(H2,22,25)(H,23,26)(H,24,27)/t13-/m1/s1. The van der Waals surface area contributed by atoms with Crippen LogP contribution >= 0.6 is 11.8 Å². The average Bonchev–Trinajstić information content (AvgIpc) is 2.67. The molecular weight excluding hydrogens is 374 g/mol. The largest absolute Gasteiger partial charge is 0.383 e. The fraction of sp³-hybridized carbons (Fsp3) is 0.300. The Hall–Kier alpha value is -3.05. The maximum atomic E-state index is 12.5. The molecule has 1 aromatic carbocycles. The van der Waals surface area contributed by atoms with Gasteiger partial charge in [0.2, 0.25) is 5.91 Å². The lowest BCUT2D eigenvalue weighted by molar-refractivity contribution is -0.119. The zero-order valence-electron chi connectivity index (χ0n) is 15.9. The molecule has 0 saturated heterocycles. The highest BCUT2D eigenvalue weighted by atomic mass is 32.2. The zero-order chi connectivity index (χ0) is 20.5. The molecule has 4 N–H and O–H groups in total. The second kappa shape index (κ2) is 10.3. The summed E-state index contributed by atoms with van der Waals surface area (Å²) in [6, 6.07) is 12.4. The minimum Gasteiger partial charge on any atom is -0.383 e. The van der Waals surface area contributed by atoms with Crippen LogP contribution in [-0.2, 0) is 4.79 Å². The number of thioether (sulfide) groups is 1. The van der Waals surface area contributed by atoms with Gasteiger partial charge in [0.15, 0.2) is 0 Å². The first-order valence-corrected chi connectivity index (χ1v) is 9.92. The Kier molecular flexibility index (Phi) is 7.84. The molecule has 28 heavy (non-hydrogen) atoms. The molecule has 1 heterocycles. The minimum atomic E-state index is -0.449. The maximum Gasteiger partial charge on any atom is 0.259 e. The maximum absolute atomic E-state index is 12.5. The van der Waals surface area contributed by atoms with E-state index in [2.05, 4.69) is 22.5 Å². The van der Waals surface area contributed by atoms with Gasteiger partial charge in [0.25, 0.3) is 5.91 Å². The molecular formula is C20H23N5O2S. The molecule has 7 nitrogen and oxygen atoms in total. The SMILES string of the molecule is CCC[C@@H](C)NC(=O)CSc1nc(N)c(C(=O)Nc2ccccc2)cc1C#N. The zero-order valence-corrected chi connectivity index (χ0v) is 16.7. The summed E-state index contributed by atoms with van der Waals surface area (Å²) in [4.78, 5) is 28.6. The van der Waals surface area contributed by atoms with Crippen molar-refractivity contribution in [3.05, 3.63) is 47.5 Å². The Balaban J connectivity index is 2.09. The third-order valence-electron chi connectivity index (χ3n) is 3.88. The first kappa shape index (κ1) is 21.3. The van der Waals surface area contributed by atoms with E-state index in [0.29, 0.717) is 10.7 Å². The monoisotopic (exact) mass is 397 g/mol. The van der Waals surface area contributed by atoms with Gasteiger partial charge in [0.1, 0.15) is 16.9 Å². The molecule has 2 rings (SSSR count). The Morgan fingerprint density at radius 2 is 2.04 bits per heavy atom. The molecule has 0 spiro atoms. The van der Waals surface area contributed by atoms with E-state index in [1.54, 1.807) is 24.3 Å². The van der Waals surface area contributed by atoms with Gasteiger partial charge in [0.05, 0.1) is 16.9 Å². The number of amides is 2. The van der Waals surface area contributed by atoms with Gasteiger partial charge in [-0.25, -0.2) is 4.98 Å². The molecule has 0 fully saturated rings. The number of nitrogens with zero attached hydrogens (tertiary/aromatic N) is 2. The first-order chi connectivity index (χ1) is 13.4. The number of nitriles is 1. The molecule has 2 amide bonds. The lowest BCUT2D eigenvalue weighted by atomic mass is 10.2. The van der Waals surface area contributed by atoms with E-state index in [1.165, 1.54) is 6.07 Å². The van der Waals surface area contributed by atoms with Crippen molar-refractivity contribution >= 4 is 35.1 Å². The molecule has 1 atom stereocenters. The number of anilines is 2. The smallest absolute Gasteiger partial charge is 0.259 e. The highest BCUT2D eigenvalue weighted by Gasteiger charge is 2.17. The van der Waals surface area contributed by atoms with Gasteiger partial charge in [-0.1, -0.05) is 43.3 Å². The van der Waals surface area contributed by atoms with Crippen LogP contribution in [0.15, 0.2) is 41.4 Å². The van der Waals surface area contributed by atoms with Crippen LogP contribution in [0.2, 0.25) is 0 Å². The number of benzene rings is 1. The summed E-state index contributed by atoms with van der Waals surface area (Å²) in [7, 11) is 0. The van der Waals surface area contributed by atoms with Crippen molar-refractivity contribution in [1.29, 1.82) is 5.26 Å². The predicted octanol–water partition coefficient (Wildman–Crippen LogP) is 3.18. The fourth-order valence-electron chi connectivity index (χ4n) is 2.56. The van der Waals surface area contributed by atoms with Gasteiger partial charge in [-0.15, -0.1) is 0 Å². The molecule has 1 aromatic heterocycles. The van der Waals surface area contributed by atoms with E-state index in [9.17, 15) is 14.9 Å². The number of carbonyl (C=O) groups is 2. The second-order valence-corrected chi connectivity index (χ2v) is 7.22. The number of hydrogen-bond acceptors (Lipinski definition) is 6. The van der Waals surface area contributed by atoms with Crippen LogP contribution in [0.1, 0.15) is 42.6 Å². The van der Waals surface area contributed by atoms with E-state index in [4.69, 9.17) is 5.73 Å². The van der Waals surface area contributed by atoms with Crippen LogP contribution < -0.4 is 16.4 Å². The van der Waals surface area contributed by atoms with Crippen LogP contribution in [0.4, 0.5) is 11.5 Å². The molecule has 0 radical (unpaired) electrons. The van der Waals surface area contributed by atoms with E-state index in [0.717, 1.165) is 24.6 Å². The highest BCUT2D eigenvalue weighted by molar-refractivity contribution is 8.00. The summed E-state index contributed by atoms with van der Waals surface area (Å²) >= 11 is 1.12. The van der Waals surface area contributed by atoms with Gasteiger partial charge in [-0.3, -0.25) is 9.59 Å². The lowest BCUT2D eigenvalue weighted by Crippen LogP contribution is -2.33. The fourth-order valence-corrected chi connectivity index (χ4v) is 3.33. The number of aromatic nitrogens is 1. The van der Waals surface area contributed by atoms with Crippen molar-refractivity contribution in [1.82, 2.24) is 10.3 Å². The van der Waals surface area contributed by atoms with Crippen molar-refractivity contribution < 1.29 is 9.59 Å². The molecule has 2 aromatic rings. The summed E-state index contributed by atoms with van der Waals surface area (Å²) in [6.45, 7) is 4.00. The van der Waals surface area contributed by atoms with E-state index < -0.39 is 5.91 Å². The summed E-state index contributed by atoms with van der Waals surface area (Å²) in [6.07, 6.45) is 1.88. The lowest BCUT2D eigenvalue weighted by Gasteiger charge is -2.13. The quantitative estimate of drug-likeness (QED) is 0.588. The number of para-hydroxylation sites is 1. The number of hydrogen-bond donors (Lipinski definition) is 3. The number of rotatable bonds is 8. The van der Waals surface area contributed by atoms with Gasteiger partial charge < -0.3 is 16.4 Å². The van der Waals surface area contributed by atoms with Crippen molar-refractivity contribution in [2.24, 2.45) is 0 Å². The van der Waals surface area contributed by atoms with Gasteiger partial charge >= 0.3 is 0 Å². The molecule has 8 heteroatoms. The van der Waals surface area contributed by atoms with Crippen LogP contribution in [0, 0.1) is 11.3 Å². The summed E-state index contributed by atoms with van der Waals surface area (Å²) < 4.78 is 0. The normalized spacial score (nSPS) is 11.3. The van der Waals surface area contributed by atoms with Gasteiger partial charge in [-0.05, 0) is 31.5 Å². The molecule has 0 bridgehead atoms. The van der Waals surface area contributed by atoms with Crippen LogP contribution in [0.3, 0.4) is 0 Å². The third kappa shape index (κ3) is 5.99. The predicted molar refractivity (Wildman–Crippen MR) is 111 cm³/mol. The first-order valence-electron chi connectivity index (χ1n) is 8.93. The van der Waals surface area contributed by atoms with Gasteiger partial charge in [0, 0.05) is 11.7 Å². The Labute approximate surface area is 168 Å². The molecule has 0 aliphatic heterocycles. The highest BCUT2D eigenvalue weighted by Crippen LogP contribution is 2.24. The number of pyridine rings is 1. The molecule has 0 unspecified atom stereocenters. The summed E-state index contributed by atoms with van der Waals surface area (Å²) in [5.41, 5.74) is 6.86. The molecule has 0 aliphatic rings. The topological polar surface area (TPSA) is 121 Å². The molecule has 146 valence electrons. The number of carbonyl (C=O) groups excluding carboxylic acids is 2. The van der Waals surface area contributed by atoms with Crippen LogP contribution in [0.5, 0.6) is 0 Å². The van der Waals surface area contributed by atoms with E-state index >= 15 is 0 Å². The third-order valence-corrected chi connectivity index (χ3v) is 4.87. The van der Waals surface area contributed by atoms with Crippen molar-refractivity contribution in [3.8, 4) is 6.07 Å². The van der Waals surface area contributed by atoms with E-state index in [1.807, 2.05) is 19.1 Å². The Morgan fingerprint density at radius 1 is 1.32 bits per heavy atom. The molecule has 0 saturated carbocycles.